The summed E-state index contributed by atoms with van der Waals surface area (Å²) in [6.45, 7) is 2.42. The van der Waals surface area contributed by atoms with Crippen LogP contribution in [-0.4, -0.2) is 34.4 Å². The number of aromatic nitrogens is 2. The minimum absolute atomic E-state index is 0.0113. The minimum Gasteiger partial charge on any atom is -0.300 e. The van der Waals surface area contributed by atoms with Gasteiger partial charge >= 0.3 is 6.18 Å². The SMILES string of the molecule is CCc1nn(C)c(CN(C)CCC(F)(F)F)c1Br. The summed E-state index contributed by atoms with van der Waals surface area (Å²) in [5, 5.41) is 4.31. The first-order valence-electron chi connectivity index (χ1n) is 5.70. The number of rotatable bonds is 5. The van der Waals surface area contributed by atoms with Gasteiger partial charge in [0.25, 0.3) is 0 Å². The molecule has 1 heterocycles. The van der Waals surface area contributed by atoms with Gasteiger partial charge in [-0.2, -0.15) is 18.3 Å². The summed E-state index contributed by atoms with van der Waals surface area (Å²) in [5.41, 5.74) is 1.83. The summed E-state index contributed by atoms with van der Waals surface area (Å²) in [6, 6.07) is 0. The Morgan fingerprint density at radius 1 is 1.39 bits per heavy atom. The van der Waals surface area contributed by atoms with Crippen molar-refractivity contribution in [3.63, 3.8) is 0 Å². The van der Waals surface area contributed by atoms with Crippen molar-refractivity contribution in [1.29, 1.82) is 0 Å². The predicted molar refractivity (Wildman–Crippen MR) is 67.3 cm³/mol. The van der Waals surface area contributed by atoms with Gasteiger partial charge in [-0.15, -0.1) is 0 Å². The Morgan fingerprint density at radius 2 is 2.00 bits per heavy atom. The zero-order valence-corrected chi connectivity index (χ0v) is 12.3. The summed E-state index contributed by atoms with van der Waals surface area (Å²) < 4.78 is 39.0. The van der Waals surface area contributed by atoms with Gasteiger partial charge in [0, 0.05) is 20.1 Å². The number of alkyl halides is 3. The first kappa shape index (κ1) is 15.5. The van der Waals surface area contributed by atoms with E-state index >= 15 is 0 Å². The zero-order chi connectivity index (χ0) is 13.9. The van der Waals surface area contributed by atoms with Gasteiger partial charge in [0.15, 0.2) is 0 Å². The van der Waals surface area contributed by atoms with Crippen molar-refractivity contribution in [3.8, 4) is 0 Å². The average molecular weight is 328 g/mol. The summed E-state index contributed by atoms with van der Waals surface area (Å²) in [6.07, 6.45) is -4.10. The summed E-state index contributed by atoms with van der Waals surface area (Å²) in [7, 11) is 3.48. The van der Waals surface area contributed by atoms with Crippen LogP contribution in [0.25, 0.3) is 0 Å². The lowest BCUT2D eigenvalue weighted by Crippen LogP contribution is -2.25. The van der Waals surface area contributed by atoms with Crippen LogP contribution in [0.4, 0.5) is 13.2 Å². The molecule has 0 radical (unpaired) electrons. The lowest BCUT2D eigenvalue weighted by Gasteiger charge is -2.17. The topological polar surface area (TPSA) is 21.1 Å². The van der Waals surface area contributed by atoms with Crippen molar-refractivity contribution in [2.24, 2.45) is 7.05 Å². The van der Waals surface area contributed by atoms with Gasteiger partial charge in [-0.3, -0.25) is 4.68 Å². The maximum absolute atomic E-state index is 12.1. The van der Waals surface area contributed by atoms with Crippen molar-refractivity contribution < 1.29 is 13.2 Å². The van der Waals surface area contributed by atoms with Crippen LogP contribution in [0.5, 0.6) is 0 Å². The fourth-order valence-corrected chi connectivity index (χ4v) is 2.39. The van der Waals surface area contributed by atoms with E-state index in [0.29, 0.717) is 6.54 Å². The van der Waals surface area contributed by atoms with Crippen molar-refractivity contribution in [2.45, 2.75) is 32.5 Å². The highest BCUT2D eigenvalue weighted by Crippen LogP contribution is 2.24. The molecule has 1 aromatic rings. The van der Waals surface area contributed by atoms with Crippen LogP contribution in [0.1, 0.15) is 24.7 Å². The largest absolute Gasteiger partial charge is 0.390 e. The van der Waals surface area contributed by atoms with Gasteiger partial charge in [0.2, 0.25) is 0 Å². The molecule has 0 N–H and O–H groups in total. The second-order valence-electron chi connectivity index (χ2n) is 4.29. The molecule has 0 saturated carbocycles. The molecule has 3 nitrogen and oxygen atoms in total. The molecule has 0 aromatic carbocycles. The normalized spacial score (nSPS) is 12.4. The zero-order valence-electron chi connectivity index (χ0n) is 10.7. The maximum Gasteiger partial charge on any atom is 0.390 e. The number of aryl methyl sites for hydroxylation is 2. The second kappa shape index (κ2) is 6.06. The van der Waals surface area contributed by atoms with E-state index in [-0.39, 0.29) is 6.54 Å². The molecule has 0 fully saturated rings. The molecular weight excluding hydrogens is 311 g/mol. The maximum atomic E-state index is 12.1. The van der Waals surface area contributed by atoms with Crippen molar-refractivity contribution in [3.05, 3.63) is 15.9 Å². The molecule has 0 aliphatic rings. The molecule has 0 atom stereocenters. The smallest absolute Gasteiger partial charge is 0.300 e. The van der Waals surface area contributed by atoms with E-state index in [4.69, 9.17) is 0 Å². The summed E-state index contributed by atoms with van der Waals surface area (Å²) in [4.78, 5) is 1.65. The Balaban J connectivity index is 2.64. The van der Waals surface area contributed by atoms with E-state index in [1.165, 1.54) is 0 Å². The van der Waals surface area contributed by atoms with Crippen LogP contribution < -0.4 is 0 Å². The first-order chi connectivity index (χ1) is 8.24. The van der Waals surface area contributed by atoms with E-state index in [0.717, 1.165) is 22.3 Å². The second-order valence-corrected chi connectivity index (χ2v) is 5.08. The molecule has 18 heavy (non-hydrogen) atoms. The van der Waals surface area contributed by atoms with E-state index in [1.807, 2.05) is 6.92 Å². The molecule has 1 rings (SSSR count). The highest BCUT2D eigenvalue weighted by molar-refractivity contribution is 9.10. The molecule has 0 bridgehead atoms. The Hall–Kier alpha value is -0.560. The third-order valence-electron chi connectivity index (χ3n) is 2.70. The van der Waals surface area contributed by atoms with E-state index < -0.39 is 12.6 Å². The van der Waals surface area contributed by atoms with Crippen molar-refractivity contribution >= 4 is 15.9 Å². The minimum atomic E-state index is -4.10. The third kappa shape index (κ3) is 4.28. The molecule has 0 aliphatic heterocycles. The molecule has 0 amide bonds. The third-order valence-corrected chi connectivity index (χ3v) is 3.62. The predicted octanol–water partition coefficient (Wildman–Crippen LogP) is 3.13. The van der Waals surface area contributed by atoms with E-state index in [2.05, 4.69) is 21.0 Å². The molecule has 7 heteroatoms. The Morgan fingerprint density at radius 3 is 2.44 bits per heavy atom. The molecule has 0 spiro atoms. The lowest BCUT2D eigenvalue weighted by atomic mass is 10.3. The van der Waals surface area contributed by atoms with E-state index in [9.17, 15) is 13.2 Å². The van der Waals surface area contributed by atoms with Gasteiger partial charge in [0.1, 0.15) is 0 Å². The summed E-state index contributed by atoms with van der Waals surface area (Å²) >= 11 is 3.45. The Labute approximate surface area is 113 Å². The van der Waals surface area contributed by atoms with Gasteiger partial charge in [-0.1, -0.05) is 6.92 Å². The monoisotopic (exact) mass is 327 g/mol. The first-order valence-corrected chi connectivity index (χ1v) is 6.49. The van der Waals surface area contributed by atoms with Gasteiger partial charge in [0.05, 0.1) is 22.3 Å². The van der Waals surface area contributed by atoms with E-state index in [1.54, 1.807) is 23.7 Å². The van der Waals surface area contributed by atoms with Crippen molar-refractivity contribution in [1.82, 2.24) is 14.7 Å². The fourth-order valence-electron chi connectivity index (χ4n) is 1.64. The van der Waals surface area contributed by atoms with Crippen LogP contribution in [0.3, 0.4) is 0 Å². The van der Waals surface area contributed by atoms with Crippen LogP contribution in [0.15, 0.2) is 4.47 Å². The van der Waals surface area contributed by atoms with Gasteiger partial charge in [-0.25, -0.2) is 0 Å². The lowest BCUT2D eigenvalue weighted by molar-refractivity contribution is -0.137. The number of hydrogen-bond donors (Lipinski definition) is 0. The molecule has 1 aromatic heterocycles. The van der Waals surface area contributed by atoms with Gasteiger partial charge < -0.3 is 4.90 Å². The molecule has 104 valence electrons. The standard InChI is InChI=1S/C11H17BrF3N3/c1-4-8-10(12)9(18(3)16-8)7-17(2)6-5-11(13,14)15/h4-7H2,1-3H3. The van der Waals surface area contributed by atoms with Crippen LogP contribution in [-0.2, 0) is 20.0 Å². The number of nitrogens with zero attached hydrogens (tertiary/aromatic N) is 3. The van der Waals surface area contributed by atoms with Crippen molar-refractivity contribution in [2.75, 3.05) is 13.6 Å². The average Bonchev–Trinajstić information content (AvgIpc) is 2.53. The van der Waals surface area contributed by atoms with Gasteiger partial charge in [-0.05, 0) is 29.4 Å². The summed E-state index contributed by atoms with van der Waals surface area (Å²) in [5.74, 6) is 0. The van der Waals surface area contributed by atoms with Crippen LogP contribution in [0, 0.1) is 0 Å². The number of halogens is 4. The van der Waals surface area contributed by atoms with Crippen LogP contribution >= 0.6 is 15.9 Å². The fraction of sp³-hybridized carbons (Fsp3) is 0.727. The molecule has 0 aliphatic carbocycles. The number of hydrogen-bond acceptors (Lipinski definition) is 2. The quantitative estimate of drug-likeness (QED) is 0.828. The highest BCUT2D eigenvalue weighted by Gasteiger charge is 2.27. The Bertz CT molecular complexity index is 401. The highest BCUT2D eigenvalue weighted by atomic mass is 79.9. The molecule has 0 saturated heterocycles. The Kier molecular flexibility index (Phi) is 5.21. The van der Waals surface area contributed by atoms with Crippen LogP contribution in [0.2, 0.25) is 0 Å². The molecular formula is C11H17BrF3N3. The molecule has 0 unspecified atom stereocenters.